The number of aryl methyl sites for hydroxylation is 1. The predicted molar refractivity (Wildman–Crippen MR) is 67.7 cm³/mol. The van der Waals surface area contributed by atoms with E-state index in [1.165, 1.54) is 12.1 Å². The molecule has 0 aliphatic carbocycles. The van der Waals surface area contributed by atoms with Crippen LogP contribution < -0.4 is 4.72 Å². The molecule has 7 heteroatoms. The lowest BCUT2D eigenvalue weighted by molar-refractivity contribution is -0.137. The van der Waals surface area contributed by atoms with Gasteiger partial charge in [0.05, 0.1) is 4.90 Å². The van der Waals surface area contributed by atoms with Crippen molar-refractivity contribution in [2.75, 3.05) is 6.54 Å². The molecule has 0 amide bonds. The molecule has 0 saturated heterocycles. The van der Waals surface area contributed by atoms with Gasteiger partial charge in [0.1, 0.15) is 5.82 Å². The molecule has 0 fully saturated rings. The van der Waals surface area contributed by atoms with E-state index in [-0.39, 0.29) is 23.8 Å². The van der Waals surface area contributed by atoms with Crippen LogP contribution in [0.4, 0.5) is 4.39 Å². The van der Waals surface area contributed by atoms with Crippen LogP contribution in [0, 0.1) is 18.7 Å². The van der Waals surface area contributed by atoms with Gasteiger partial charge in [0, 0.05) is 13.0 Å². The second kappa shape index (κ2) is 6.12. The van der Waals surface area contributed by atoms with Gasteiger partial charge in [0.2, 0.25) is 10.0 Å². The summed E-state index contributed by atoms with van der Waals surface area (Å²) in [5, 5.41) is 8.58. The normalized spacial score (nSPS) is 13.2. The molecule has 0 radical (unpaired) electrons. The molecule has 106 valence electrons. The number of rotatable bonds is 6. The van der Waals surface area contributed by atoms with Crippen LogP contribution in [-0.4, -0.2) is 26.0 Å². The van der Waals surface area contributed by atoms with E-state index < -0.39 is 21.8 Å². The quantitative estimate of drug-likeness (QED) is 0.831. The Morgan fingerprint density at radius 3 is 2.68 bits per heavy atom. The Kier molecular flexibility index (Phi) is 5.02. The topological polar surface area (TPSA) is 83.5 Å². The van der Waals surface area contributed by atoms with E-state index >= 15 is 0 Å². The van der Waals surface area contributed by atoms with E-state index in [0.29, 0.717) is 5.56 Å². The van der Waals surface area contributed by atoms with Crippen LogP contribution in [0.2, 0.25) is 0 Å². The van der Waals surface area contributed by atoms with Crippen molar-refractivity contribution < 1.29 is 22.7 Å². The van der Waals surface area contributed by atoms with Crippen LogP contribution in [0.1, 0.15) is 18.9 Å². The maximum Gasteiger partial charge on any atom is 0.303 e. The molecule has 19 heavy (non-hydrogen) atoms. The molecule has 0 bridgehead atoms. The molecule has 0 heterocycles. The van der Waals surface area contributed by atoms with Crippen LogP contribution in [0.3, 0.4) is 0 Å². The summed E-state index contributed by atoms with van der Waals surface area (Å²) in [5.41, 5.74) is 0.430. The third-order valence-corrected chi connectivity index (χ3v) is 4.15. The molecule has 0 aliphatic rings. The Labute approximate surface area is 111 Å². The van der Waals surface area contributed by atoms with Gasteiger partial charge in [-0.25, -0.2) is 17.5 Å². The highest BCUT2D eigenvalue weighted by atomic mass is 32.2. The van der Waals surface area contributed by atoms with E-state index in [1.54, 1.807) is 13.8 Å². The number of nitrogens with one attached hydrogen (secondary N) is 1. The molecule has 1 atom stereocenters. The summed E-state index contributed by atoms with van der Waals surface area (Å²) in [6.07, 6.45) is -0.134. The second-order valence-corrected chi connectivity index (χ2v) is 6.20. The number of benzene rings is 1. The number of carboxylic acid groups (broad SMARTS) is 1. The molecule has 5 nitrogen and oxygen atoms in total. The standard InChI is InChI=1S/C12H16FNO4S/c1-8(5-12(15)16)7-14-19(17,18)11-6-10(13)4-3-9(11)2/h3-4,6,8,14H,5,7H2,1-2H3,(H,15,16). The zero-order valence-corrected chi connectivity index (χ0v) is 11.5. The first kappa shape index (κ1) is 15.6. The van der Waals surface area contributed by atoms with E-state index in [1.807, 2.05) is 0 Å². The van der Waals surface area contributed by atoms with E-state index in [4.69, 9.17) is 5.11 Å². The molecule has 0 spiro atoms. The van der Waals surface area contributed by atoms with Crippen molar-refractivity contribution in [1.29, 1.82) is 0 Å². The Morgan fingerprint density at radius 2 is 2.11 bits per heavy atom. The summed E-state index contributed by atoms with van der Waals surface area (Å²) in [4.78, 5) is 10.3. The van der Waals surface area contributed by atoms with E-state index in [9.17, 15) is 17.6 Å². The van der Waals surface area contributed by atoms with Crippen molar-refractivity contribution in [2.24, 2.45) is 5.92 Å². The van der Waals surface area contributed by atoms with Crippen LogP contribution >= 0.6 is 0 Å². The smallest absolute Gasteiger partial charge is 0.303 e. The molecule has 1 unspecified atom stereocenters. The third-order valence-electron chi connectivity index (χ3n) is 2.58. The Morgan fingerprint density at radius 1 is 1.47 bits per heavy atom. The van der Waals surface area contributed by atoms with Gasteiger partial charge in [-0.1, -0.05) is 13.0 Å². The first-order valence-electron chi connectivity index (χ1n) is 5.70. The van der Waals surface area contributed by atoms with Crippen LogP contribution in [0.25, 0.3) is 0 Å². The molecular formula is C12H16FNO4S. The minimum absolute atomic E-state index is 0.00934. The van der Waals surface area contributed by atoms with Crippen LogP contribution in [0.15, 0.2) is 23.1 Å². The van der Waals surface area contributed by atoms with Gasteiger partial charge in [-0.15, -0.1) is 0 Å². The summed E-state index contributed by atoms with van der Waals surface area (Å²) in [5.74, 6) is -1.97. The maximum absolute atomic E-state index is 13.1. The van der Waals surface area contributed by atoms with E-state index in [0.717, 1.165) is 6.07 Å². The lowest BCUT2D eigenvalue weighted by Gasteiger charge is -2.12. The average Bonchev–Trinajstić information content (AvgIpc) is 2.29. The Hall–Kier alpha value is -1.47. The Balaban J connectivity index is 2.81. The highest BCUT2D eigenvalue weighted by molar-refractivity contribution is 7.89. The van der Waals surface area contributed by atoms with Crippen LogP contribution in [-0.2, 0) is 14.8 Å². The molecule has 1 aromatic carbocycles. The summed E-state index contributed by atoms with van der Waals surface area (Å²) in [6, 6.07) is 3.51. The van der Waals surface area contributed by atoms with Crippen molar-refractivity contribution >= 4 is 16.0 Å². The van der Waals surface area contributed by atoms with Gasteiger partial charge in [-0.2, -0.15) is 0 Å². The molecule has 0 aliphatic heterocycles. The minimum atomic E-state index is -3.83. The monoisotopic (exact) mass is 289 g/mol. The first-order chi connectivity index (χ1) is 8.72. The molecule has 0 saturated carbocycles. The SMILES string of the molecule is Cc1ccc(F)cc1S(=O)(=O)NCC(C)CC(=O)O. The predicted octanol–water partition coefficient (Wildman–Crippen LogP) is 1.52. The van der Waals surface area contributed by atoms with Crippen molar-refractivity contribution in [1.82, 2.24) is 4.72 Å². The summed E-state index contributed by atoms with van der Waals surface area (Å²) in [6.45, 7) is 3.17. The summed E-state index contributed by atoms with van der Waals surface area (Å²) in [7, 11) is -3.83. The number of hydrogen-bond donors (Lipinski definition) is 2. The first-order valence-corrected chi connectivity index (χ1v) is 7.18. The van der Waals surface area contributed by atoms with E-state index in [2.05, 4.69) is 4.72 Å². The average molecular weight is 289 g/mol. The van der Waals surface area contributed by atoms with Gasteiger partial charge in [0.25, 0.3) is 0 Å². The zero-order valence-electron chi connectivity index (χ0n) is 10.7. The molecule has 2 N–H and O–H groups in total. The third kappa shape index (κ3) is 4.60. The van der Waals surface area contributed by atoms with Gasteiger partial charge in [-0.3, -0.25) is 4.79 Å². The summed E-state index contributed by atoms with van der Waals surface area (Å²) >= 11 is 0. The fourth-order valence-electron chi connectivity index (χ4n) is 1.56. The number of carboxylic acids is 1. The number of sulfonamides is 1. The number of aliphatic carboxylic acids is 1. The van der Waals surface area contributed by atoms with Crippen molar-refractivity contribution in [3.05, 3.63) is 29.6 Å². The fraction of sp³-hybridized carbons (Fsp3) is 0.417. The van der Waals surface area contributed by atoms with Crippen molar-refractivity contribution in [3.63, 3.8) is 0 Å². The molecule has 1 rings (SSSR count). The molecule has 1 aromatic rings. The van der Waals surface area contributed by atoms with Gasteiger partial charge >= 0.3 is 5.97 Å². The number of carbonyl (C=O) groups is 1. The lowest BCUT2D eigenvalue weighted by atomic mass is 10.1. The number of halogens is 1. The molecular weight excluding hydrogens is 273 g/mol. The zero-order chi connectivity index (χ0) is 14.6. The highest BCUT2D eigenvalue weighted by Crippen LogP contribution is 2.16. The number of hydrogen-bond acceptors (Lipinski definition) is 3. The second-order valence-electron chi connectivity index (χ2n) is 4.46. The van der Waals surface area contributed by atoms with Crippen molar-refractivity contribution in [3.8, 4) is 0 Å². The van der Waals surface area contributed by atoms with Gasteiger partial charge in [0.15, 0.2) is 0 Å². The highest BCUT2D eigenvalue weighted by Gasteiger charge is 2.19. The fourth-order valence-corrected chi connectivity index (χ4v) is 2.98. The minimum Gasteiger partial charge on any atom is -0.481 e. The van der Waals surface area contributed by atoms with Gasteiger partial charge < -0.3 is 5.11 Å². The van der Waals surface area contributed by atoms with Crippen LogP contribution in [0.5, 0.6) is 0 Å². The largest absolute Gasteiger partial charge is 0.481 e. The Bertz CT molecular complexity index is 571. The van der Waals surface area contributed by atoms with Gasteiger partial charge in [-0.05, 0) is 30.5 Å². The van der Waals surface area contributed by atoms with Crippen molar-refractivity contribution in [2.45, 2.75) is 25.2 Å². The maximum atomic E-state index is 13.1. The molecule has 0 aromatic heterocycles. The summed E-state index contributed by atoms with van der Waals surface area (Å²) < 4.78 is 39.3. The lowest BCUT2D eigenvalue weighted by Crippen LogP contribution is -2.29.